The molecule has 4 bridgehead atoms. The number of carbonyl (C=O) groups is 3. The summed E-state index contributed by atoms with van der Waals surface area (Å²) in [5.74, 6) is -0.877. The average molecular weight is 358 g/mol. The first kappa shape index (κ1) is 16.7. The third kappa shape index (κ3) is 2.16. The Morgan fingerprint density at radius 3 is 2.46 bits per heavy atom. The molecule has 4 saturated carbocycles. The molecule has 0 spiro atoms. The molecular weight excluding hydrogens is 332 g/mol. The largest absolute Gasteiger partial charge is 0.436 e. The van der Waals surface area contributed by atoms with Crippen molar-refractivity contribution in [2.24, 2.45) is 41.4 Å². The number of ketones is 2. The van der Waals surface area contributed by atoms with Gasteiger partial charge in [0.15, 0.2) is 0 Å². The molecule has 5 aliphatic rings. The number of carbonyl (C=O) groups excluding carboxylic acids is 3. The number of hydrogen-bond acceptors (Lipinski definition) is 5. The van der Waals surface area contributed by atoms with Crippen LogP contribution in [0.4, 0.5) is 0 Å². The molecule has 5 rings (SSSR count). The fraction of sp³-hybridized carbons (Fsp3) is 0.762. The fourth-order valence-corrected chi connectivity index (χ4v) is 6.69. The van der Waals surface area contributed by atoms with E-state index in [9.17, 15) is 14.4 Å². The summed E-state index contributed by atoms with van der Waals surface area (Å²) in [5.41, 5.74) is -0.211. The van der Waals surface area contributed by atoms with Crippen molar-refractivity contribution in [2.75, 3.05) is 0 Å². The quantitative estimate of drug-likeness (QED) is 0.334. The maximum atomic E-state index is 12.8. The van der Waals surface area contributed by atoms with E-state index in [1.165, 1.54) is 0 Å². The Bertz CT molecular complexity index is 703. The van der Waals surface area contributed by atoms with Crippen LogP contribution >= 0.6 is 0 Å². The maximum absolute atomic E-state index is 12.8. The van der Waals surface area contributed by atoms with E-state index in [-0.39, 0.29) is 58.6 Å². The third-order valence-corrected chi connectivity index (χ3v) is 7.67. The number of fused-ring (bicyclic) bond motifs is 9. The van der Waals surface area contributed by atoms with Gasteiger partial charge in [-0.05, 0) is 44.9 Å². The molecule has 0 heterocycles. The molecule has 140 valence electrons. The van der Waals surface area contributed by atoms with E-state index >= 15 is 0 Å². The molecule has 0 aromatic carbocycles. The minimum absolute atomic E-state index is 0.0184. The molecule has 0 radical (unpaired) electrons. The average Bonchev–Trinajstić information content (AvgIpc) is 3.36. The van der Waals surface area contributed by atoms with Gasteiger partial charge in [-0.3, -0.25) is 14.4 Å². The predicted octanol–water partition coefficient (Wildman–Crippen LogP) is 2.68. The van der Waals surface area contributed by atoms with E-state index in [4.69, 9.17) is 9.47 Å². The van der Waals surface area contributed by atoms with Gasteiger partial charge in [-0.2, -0.15) is 0 Å². The Morgan fingerprint density at radius 2 is 1.77 bits per heavy atom. The molecule has 0 aromatic heterocycles. The van der Waals surface area contributed by atoms with E-state index in [2.05, 4.69) is 6.92 Å². The highest BCUT2D eigenvalue weighted by Gasteiger charge is 2.69. The number of allylic oxidation sites excluding steroid dienone is 2. The molecule has 4 fully saturated rings. The lowest BCUT2D eigenvalue weighted by atomic mass is 9.69. The SMILES string of the molecule is CC(OC(=O)C1CC2C(=O)C1C1C3C=CC(C3=O)C21)OC1(C)CCCC1. The van der Waals surface area contributed by atoms with Gasteiger partial charge in [0.1, 0.15) is 11.6 Å². The number of rotatable bonds is 4. The van der Waals surface area contributed by atoms with E-state index in [1.54, 1.807) is 6.92 Å². The molecule has 5 nitrogen and oxygen atoms in total. The molecule has 5 aliphatic carbocycles. The molecule has 0 aliphatic heterocycles. The zero-order chi connectivity index (χ0) is 18.2. The van der Waals surface area contributed by atoms with Crippen molar-refractivity contribution in [3.8, 4) is 0 Å². The number of Topliss-reactive ketones (excluding diaryl/α,β-unsaturated/α-hetero) is 2. The normalized spacial score (nSPS) is 45.4. The molecule has 0 N–H and O–H groups in total. The Hall–Kier alpha value is -1.49. The van der Waals surface area contributed by atoms with Gasteiger partial charge in [-0.25, -0.2) is 0 Å². The van der Waals surface area contributed by atoms with Crippen LogP contribution in [0.2, 0.25) is 0 Å². The first-order chi connectivity index (χ1) is 12.4. The molecular formula is C21H26O5. The topological polar surface area (TPSA) is 69.7 Å². The van der Waals surface area contributed by atoms with Gasteiger partial charge in [0.25, 0.3) is 0 Å². The second-order valence-electron chi connectivity index (χ2n) is 9.15. The molecule has 0 amide bonds. The number of hydrogen-bond donors (Lipinski definition) is 0. The van der Waals surface area contributed by atoms with Crippen LogP contribution in [0.25, 0.3) is 0 Å². The Labute approximate surface area is 153 Å². The molecule has 0 saturated heterocycles. The lowest BCUT2D eigenvalue weighted by Gasteiger charge is -2.34. The van der Waals surface area contributed by atoms with Crippen molar-refractivity contribution >= 4 is 17.5 Å². The van der Waals surface area contributed by atoms with Crippen molar-refractivity contribution in [1.82, 2.24) is 0 Å². The Morgan fingerprint density at radius 1 is 1.12 bits per heavy atom. The van der Waals surface area contributed by atoms with E-state index in [1.807, 2.05) is 12.2 Å². The summed E-state index contributed by atoms with van der Waals surface area (Å²) in [6.45, 7) is 3.84. The second-order valence-corrected chi connectivity index (χ2v) is 9.15. The van der Waals surface area contributed by atoms with E-state index < -0.39 is 12.2 Å². The first-order valence-electron chi connectivity index (χ1n) is 10.0. The van der Waals surface area contributed by atoms with Gasteiger partial charge in [0.2, 0.25) is 6.29 Å². The van der Waals surface area contributed by atoms with Crippen LogP contribution in [-0.2, 0) is 23.9 Å². The van der Waals surface area contributed by atoms with Crippen LogP contribution in [-0.4, -0.2) is 29.4 Å². The zero-order valence-corrected chi connectivity index (χ0v) is 15.4. The van der Waals surface area contributed by atoms with Gasteiger partial charge in [0.05, 0.1) is 11.5 Å². The van der Waals surface area contributed by atoms with Crippen LogP contribution < -0.4 is 0 Å². The summed E-state index contributed by atoms with van der Waals surface area (Å²) in [7, 11) is 0. The maximum Gasteiger partial charge on any atom is 0.311 e. The van der Waals surface area contributed by atoms with Crippen molar-refractivity contribution in [1.29, 1.82) is 0 Å². The van der Waals surface area contributed by atoms with Crippen LogP contribution in [0.5, 0.6) is 0 Å². The minimum atomic E-state index is -0.600. The molecule has 26 heavy (non-hydrogen) atoms. The van der Waals surface area contributed by atoms with Gasteiger partial charge in [0, 0.05) is 23.7 Å². The van der Waals surface area contributed by atoms with Gasteiger partial charge < -0.3 is 9.47 Å². The summed E-state index contributed by atoms with van der Waals surface area (Å²) in [6.07, 6.45) is 8.14. The summed E-state index contributed by atoms with van der Waals surface area (Å²) >= 11 is 0. The number of ether oxygens (including phenoxy) is 2. The smallest absolute Gasteiger partial charge is 0.311 e. The van der Waals surface area contributed by atoms with Gasteiger partial charge >= 0.3 is 5.97 Å². The third-order valence-electron chi connectivity index (χ3n) is 7.67. The standard InChI is InChI=1S/C21H26O5/c1-10(26-21(2)7-3-4-8-21)25-20(24)14-9-13-15-11-5-6-12(18(11)22)16(15)17(14)19(13)23/h5-6,10-17H,3-4,7-9H2,1-2H3. The monoisotopic (exact) mass is 358 g/mol. The molecule has 8 unspecified atom stereocenters. The highest BCUT2D eigenvalue weighted by molar-refractivity contribution is 6.01. The Balaban J connectivity index is 1.28. The highest BCUT2D eigenvalue weighted by atomic mass is 16.7. The van der Waals surface area contributed by atoms with Crippen molar-refractivity contribution in [2.45, 2.75) is 57.8 Å². The molecule has 5 heteroatoms. The summed E-state index contributed by atoms with van der Waals surface area (Å²) in [6, 6.07) is 0. The first-order valence-corrected chi connectivity index (χ1v) is 10.0. The fourth-order valence-electron chi connectivity index (χ4n) is 6.69. The van der Waals surface area contributed by atoms with Crippen molar-refractivity contribution < 1.29 is 23.9 Å². The van der Waals surface area contributed by atoms with Crippen LogP contribution in [0.3, 0.4) is 0 Å². The lowest BCUT2D eigenvalue weighted by molar-refractivity contribution is -0.208. The van der Waals surface area contributed by atoms with Crippen LogP contribution in [0.15, 0.2) is 12.2 Å². The summed E-state index contributed by atoms with van der Waals surface area (Å²) in [4.78, 5) is 37.9. The van der Waals surface area contributed by atoms with Gasteiger partial charge in [-0.15, -0.1) is 0 Å². The molecule has 8 atom stereocenters. The van der Waals surface area contributed by atoms with Crippen molar-refractivity contribution in [3.63, 3.8) is 0 Å². The number of esters is 1. The zero-order valence-electron chi connectivity index (χ0n) is 15.4. The highest BCUT2D eigenvalue weighted by Crippen LogP contribution is 2.64. The van der Waals surface area contributed by atoms with Crippen LogP contribution in [0, 0.1) is 41.4 Å². The van der Waals surface area contributed by atoms with Crippen LogP contribution in [0.1, 0.15) is 46.0 Å². The summed E-state index contributed by atoms with van der Waals surface area (Å²) in [5, 5.41) is 0. The van der Waals surface area contributed by atoms with Gasteiger partial charge in [-0.1, -0.05) is 25.0 Å². The second kappa shape index (κ2) is 5.51. The summed E-state index contributed by atoms with van der Waals surface area (Å²) < 4.78 is 11.6. The minimum Gasteiger partial charge on any atom is -0.436 e. The van der Waals surface area contributed by atoms with E-state index in [0.29, 0.717) is 6.42 Å². The predicted molar refractivity (Wildman–Crippen MR) is 91.7 cm³/mol. The Kier molecular flexibility index (Phi) is 3.53. The molecule has 0 aromatic rings. The lowest BCUT2D eigenvalue weighted by Crippen LogP contribution is -2.38. The van der Waals surface area contributed by atoms with E-state index in [0.717, 1.165) is 25.7 Å². The van der Waals surface area contributed by atoms with Crippen molar-refractivity contribution in [3.05, 3.63) is 12.2 Å².